The summed E-state index contributed by atoms with van der Waals surface area (Å²) in [5, 5.41) is 8.59. The van der Waals surface area contributed by atoms with Gasteiger partial charge in [-0.15, -0.1) is 6.58 Å². The minimum atomic E-state index is -1.05. The van der Waals surface area contributed by atoms with Crippen molar-refractivity contribution in [2.45, 2.75) is 6.10 Å². The Morgan fingerprint density at radius 2 is 2.30 bits per heavy atom. The zero-order valence-electron chi connectivity index (χ0n) is 15.0. The average molecular weight is 379 g/mol. The number of amides is 1. The fraction of sp³-hybridized carbons (Fsp3) is 0.444. The van der Waals surface area contributed by atoms with Gasteiger partial charge in [0, 0.05) is 25.3 Å². The van der Waals surface area contributed by atoms with Gasteiger partial charge in [-0.25, -0.2) is 8.78 Å². The molecule has 7 nitrogen and oxygen atoms in total. The number of carbonyl (C=O) groups excluding carboxylic acids is 1. The number of hydrogen-bond acceptors (Lipinski definition) is 6. The Morgan fingerprint density at radius 1 is 1.44 bits per heavy atom. The van der Waals surface area contributed by atoms with E-state index in [0.29, 0.717) is 37.6 Å². The van der Waals surface area contributed by atoms with Gasteiger partial charge < -0.3 is 19.9 Å². The Bertz CT molecular complexity index is 715. The van der Waals surface area contributed by atoms with E-state index in [1.807, 2.05) is 16.0 Å². The van der Waals surface area contributed by atoms with E-state index in [-0.39, 0.29) is 25.2 Å². The first-order valence-electron chi connectivity index (χ1n) is 8.76. The third kappa shape index (κ3) is 4.73. The lowest BCUT2D eigenvalue weighted by Gasteiger charge is -2.29. The monoisotopic (exact) mass is 379 g/mol. The summed E-state index contributed by atoms with van der Waals surface area (Å²) in [6.45, 7) is 5.63. The highest BCUT2D eigenvalue weighted by Crippen LogP contribution is 2.27. The highest BCUT2D eigenvalue weighted by molar-refractivity contribution is 5.80. The van der Waals surface area contributed by atoms with Crippen LogP contribution in [-0.2, 0) is 9.53 Å². The SMILES string of the molecule is C=CCN1CCN(c2ccc(N3CO[C@@H](CNC(=O)CF)C3)cc2F)C=N1. The predicted molar refractivity (Wildman–Crippen MR) is 100 cm³/mol. The van der Waals surface area contributed by atoms with Crippen LogP contribution in [0.25, 0.3) is 0 Å². The van der Waals surface area contributed by atoms with Crippen molar-refractivity contribution < 1.29 is 18.3 Å². The quantitative estimate of drug-likeness (QED) is 0.725. The molecular formula is C18H23F2N5O2. The number of rotatable bonds is 7. The highest BCUT2D eigenvalue weighted by Gasteiger charge is 2.25. The van der Waals surface area contributed by atoms with E-state index in [1.165, 1.54) is 6.07 Å². The van der Waals surface area contributed by atoms with Crippen molar-refractivity contribution >= 4 is 23.6 Å². The van der Waals surface area contributed by atoms with E-state index in [0.717, 1.165) is 0 Å². The van der Waals surface area contributed by atoms with Gasteiger partial charge in [0.1, 0.15) is 18.9 Å². The van der Waals surface area contributed by atoms with Gasteiger partial charge in [0.25, 0.3) is 5.91 Å². The van der Waals surface area contributed by atoms with Gasteiger partial charge in [-0.3, -0.25) is 9.80 Å². The lowest BCUT2D eigenvalue weighted by Crippen LogP contribution is -2.38. The van der Waals surface area contributed by atoms with Gasteiger partial charge >= 0.3 is 0 Å². The summed E-state index contributed by atoms with van der Waals surface area (Å²) >= 11 is 0. The maximum absolute atomic E-state index is 14.6. The Kier molecular flexibility index (Phi) is 6.23. The fourth-order valence-electron chi connectivity index (χ4n) is 2.99. The highest BCUT2D eigenvalue weighted by atomic mass is 19.1. The maximum Gasteiger partial charge on any atom is 0.251 e. The molecular weight excluding hydrogens is 356 g/mol. The van der Waals surface area contributed by atoms with Gasteiger partial charge in [-0.05, 0) is 18.2 Å². The molecule has 1 amide bonds. The van der Waals surface area contributed by atoms with E-state index >= 15 is 0 Å². The molecule has 0 aromatic heterocycles. The van der Waals surface area contributed by atoms with Crippen LogP contribution in [0.1, 0.15) is 0 Å². The van der Waals surface area contributed by atoms with Gasteiger partial charge in [0.05, 0.1) is 24.9 Å². The smallest absolute Gasteiger partial charge is 0.251 e. The van der Waals surface area contributed by atoms with Crippen molar-refractivity contribution in [3.05, 3.63) is 36.7 Å². The molecule has 0 spiro atoms. The van der Waals surface area contributed by atoms with Crippen LogP contribution in [0.4, 0.5) is 20.2 Å². The van der Waals surface area contributed by atoms with Crippen LogP contribution in [-0.4, -0.2) is 69.5 Å². The number of ether oxygens (including phenoxy) is 1. The molecule has 2 aliphatic rings. The van der Waals surface area contributed by atoms with Crippen molar-refractivity contribution in [2.24, 2.45) is 5.10 Å². The molecule has 1 fully saturated rings. The normalized spacial score (nSPS) is 19.5. The zero-order chi connectivity index (χ0) is 19.2. The second-order valence-corrected chi connectivity index (χ2v) is 6.34. The van der Waals surface area contributed by atoms with E-state index in [9.17, 15) is 13.6 Å². The standard InChI is InChI=1S/C18H23F2N5O2/c1-2-5-25-7-6-23(12-22-25)17-4-3-14(8-16(17)20)24-11-15(27-13-24)10-21-18(26)9-19/h2-4,8,12,15H,1,5-7,9-11,13H2,(H,21,26)/t15-/m0/s1. The van der Waals surface area contributed by atoms with Crippen molar-refractivity contribution in [1.82, 2.24) is 10.3 Å². The molecule has 146 valence electrons. The Morgan fingerprint density at radius 3 is 2.96 bits per heavy atom. The molecule has 1 N–H and O–H groups in total. The minimum absolute atomic E-state index is 0.227. The number of hydrogen-bond donors (Lipinski definition) is 1. The predicted octanol–water partition coefficient (Wildman–Crippen LogP) is 1.33. The van der Waals surface area contributed by atoms with Crippen LogP contribution >= 0.6 is 0 Å². The Labute approximate surface area is 156 Å². The second kappa shape index (κ2) is 8.81. The van der Waals surface area contributed by atoms with Crippen LogP contribution < -0.4 is 15.1 Å². The van der Waals surface area contributed by atoms with Gasteiger partial charge in [0.15, 0.2) is 6.67 Å². The molecule has 0 aliphatic carbocycles. The number of nitrogens with zero attached hydrogens (tertiary/aromatic N) is 4. The number of nitrogens with one attached hydrogen (secondary N) is 1. The summed E-state index contributed by atoms with van der Waals surface area (Å²) in [5.41, 5.74) is 1.16. The van der Waals surface area contributed by atoms with E-state index in [2.05, 4.69) is 17.0 Å². The van der Waals surface area contributed by atoms with E-state index in [4.69, 9.17) is 4.74 Å². The zero-order valence-corrected chi connectivity index (χ0v) is 15.0. The Balaban J connectivity index is 1.60. The minimum Gasteiger partial charge on any atom is -0.354 e. The largest absolute Gasteiger partial charge is 0.354 e. The fourth-order valence-corrected chi connectivity index (χ4v) is 2.99. The molecule has 3 rings (SSSR count). The summed E-state index contributed by atoms with van der Waals surface area (Å²) in [5.74, 6) is -1.01. The molecule has 2 heterocycles. The van der Waals surface area contributed by atoms with Crippen LogP contribution in [0.2, 0.25) is 0 Å². The molecule has 0 radical (unpaired) electrons. The molecule has 0 unspecified atom stereocenters. The van der Waals surface area contributed by atoms with E-state index < -0.39 is 12.6 Å². The van der Waals surface area contributed by atoms with Crippen molar-refractivity contribution in [1.29, 1.82) is 0 Å². The van der Waals surface area contributed by atoms with Crippen LogP contribution in [0, 0.1) is 5.82 Å². The van der Waals surface area contributed by atoms with Crippen LogP contribution in [0.5, 0.6) is 0 Å². The van der Waals surface area contributed by atoms with Crippen LogP contribution in [0.15, 0.2) is 36.0 Å². The molecule has 2 aliphatic heterocycles. The maximum atomic E-state index is 14.6. The topological polar surface area (TPSA) is 60.4 Å². The summed E-state index contributed by atoms with van der Waals surface area (Å²) in [6, 6.07) is 5.01. The molecule has 1 atom stereocenters. The number of alkyl halides is 1. The molecule has 27 heavy (non-hydrogen) atoms. The second-order valence-electron chi connectivity index (χ2n) is 6.34. The molecule has 1 saturated heterocycles. The molecule has 1 aromatic rings. The van der Waals surface area contributed by atoms with Crippen molar-refractivity contribution in [3.63, 3.8) is 0 Å². The lowest BCUT2D eigenvalue weighted by atomic mass is 10.2. The number of carbonyl (C=O) groups is 1. The number of hydrazone groups is 1. The van der Waals surface area contributed by atoms with Crippen LogP contribution in [0.3, 0.4) is 0 Å². The third-order valence-corrected chi connectivity index (χ3v) is 4.44. The summed E-state index contributed by atoms with van der Waals surface area (Å²) < 4.78 is 32.4. The first-order chi connectivity index (χ1) is 13.1. The van der Waals surface area contributed by atoms with Crippen molar-refractivity contribution in [3.8, 4) is 0 Å². The number of benzene rings is 1. The number of anilines is 2. The van der Waals surface area contributed by atoms with Gasteiger partial charge in [-0.1, -0.05) is 6.08 Å². The van der Waals surface area contributed by atoms with Gasteiger partial charge in [0.2, 0.25) is 0 Å². The average Bonchev–Trinajstić information content (AvgIpc) is 3.16. The summed E-state index contributed by atoms with van der Waals surface area (Å²) in [4.78, 5) is 14.6. The molecule has 0 saturated carbocycles. The summed E-state index contributed by atoms with van der Waals surface area (Å²) in [7, 11) is 0. The number of halogens is 2. The summed E-state index contributed by atoms with van der Waals surface area (Å²) in [6.07, 6.45) is 3.14. The first kappa shape index (κ1) is 19.1. The third-order valence-electron chi connectivity index (χ3n) is 4.44. The van der Waals surface area contributed by atoms with Crippen molar-refractivity contribution in [2.75, 3.05) is 55.9 Å². The van der Waals surface area contributed by atoms with Gasteiger partial charge in [-0.2, -0.15) is 5.10 Å². The van der Waals surface area contributed by atoms with E-state index in [1.54, 1.807) is 23.4 Å². The molecule has 9 heteroatoms. The molecule has 1 aromatic carbocycles. The molecule has 0 bridgehead atoms. The lowest BCUT2D eigenvalue weighted by molar-refractivity contribution is -0.122. The first-order valence-corrected chi connectivity index (χ1v) is 8.76. The Hall–Kier alpha value is -2.68.